The van der Waals surface area contributed by atoms with Gasteiger partial charge in [-0.25, -0.2) is 13.8 Å². The number of hydrogen-bond donors (Lipinski definition) is 3. The molecule has 0 bridgehead atoms. The number of hydrogen-bond acceptors (Lipinski definition) is 6. The van der Waals surface area contributed by atoms with Crippen molar-refractivity contribution in [3.8, 4) is 5.75 Å². The molecule has 1 heterocycles. The molecule has 3 aromatic carbocycles. The van der Waals surface area contributed by atoms with Crippen LogP contribution in [0.1, 0.15) is 16.1 Å². The lowest BCUT2D eigenvalue weighted by atomic mass is 10.2. The fourth-order valence-electron chi connectivity index (χ4n) is 3.15. The van der Waals surface area contributed by atoms with Crippen molar-refractivity contribution in [2.24, 2.45) is 0 Å². The number of carbonyl (C=O) groups excluding carboxylic acids is 1. The normalized spacial score (nSPS) is 10.5. The van der Waals surface area contributed by atoms with Gasteiger partial charge in [0, 0.05) is 34.9 Å². The van der Waals surface area contributed by atoms with E-state index in [0.717, 1.165) is 29.3 Å². The lowest BCUT2D eigenvalue weighted by Gasteiger charge is -2.11. The molecule has 0 aliphatic heterocycles. The van der Waals surface area contributed by atoms with Gasteiger partial charge in [-0.2, -0.15) is 4.98 Å². The third-order valence-corrected chi connectivity index (χ3v) is 4.79. The monoisotopic (exact) mass is 461 g/mol. The molecule has 0 unspecified atom stereocenters. The van der Waals surface area contributed by atoms with Gasteiger partial charge in [-0.1, -0.05) is 0 Å². The van der Waals surface area contributed by atoms with Crippen LogP contribution in [-0.2, 0) is 0 Å². The number of methoxy groups -OCH3 is 1. The highest BCUT2D eigenvalue weighted by Gasteiger charge is 2.13. The minimum atomic E-state index is -0.925. The average Bonchev–Trinajstić information content (AvgIpc) is 2.80. The lowest BCUT2D eigenvalue weighted by molar-refractivity contribution is 0.102. The fraction of sp³-hybridized carbons (Fsp3) is 0.0800. The first-order valence-electron chi connectivity index (χ1n) is 10.3. The quantitative estimate of drug-likeness (QED) is 0.322. The number of halogens is 2. The van der Waals surface area contributed by atoms with Crippen molar-refractivity contribution in [1.29, 1.82) is 0 Å². The van der Waals surface area contributed by atoms with Gasteiger partial charge in [-0.15, -0.1) is 0 Å². The standard InChI is InChI=1S/C25H21F2N5O2/c1-15-13-23(29-17-8-10-20(34-2)11-9-17)32-25(28-15)31-19-6-4-18(5-7-19)30-24(33)21-12-3-16(26)14-22(21)27/h3-14H,1-2H3,(H,30,33)(H2,28,29,31,32). The van der Waals surface area contributed by atoms with Crippen molar-refractivity contribution in [3.63, 3.8) is 0 Å². The van der Waals surface area contributed by atoms with E-state index in [1.807, 2.05) is 37.3 Å². The average molecular weight is 461 g/mol. The van der Waals surface area contributed by atoms with Gasteiger partial charge in [0.15, 0.2) is 0 Å². The van der Waals surface area contributed by atoms with Crippen LogP contribution in [-0.4, -0.2) is 23.0 Å². The van der Waals surface area contributed by atoms with Gasteiger partial charge in [0.2, 0.25) is 5.95 Å². The molecule has 9 heteroatoms. The second kappa shape index (κ2) is 9.95. The molecule has 1 amide bonds. The van der Waals surface area contributed by atoms with E-state index in [1.165, 1.54) is 0 Å². The van der Waals surface area contributed by atoms with E-state index in [9.17, 15) is 13.6 Å². The van der Waals surface area contributed by atoms with Crippen LogP contribution in [0.15, 0.2) is 72.8 Å². The Morgan fingerprint density at radius 3 is 2.15 bits per heavy atom. The number of carbonyl (C=O) groups is 1. The molecule has 0 saturated carbocycles. The summed E-state index contributed by atoms with van der Waals surface area (Å²) in [5.41, 5.74) is 2.51. The number of nitrogens with zero attached hydrogens (tertiary/aromatic N) is 2. The fourth-order valence-corrected chi connectivity index (χ4v) is 3.15. The minimum absolute atomic E-state index is 0.242. The molecule has 4 rings (SSSR count). The van der Waals surface area contributed by atoms with Crippen LogP contribution in [0, 0.1) is 18.6 Å². The van der Waals surface area contributed by atoms with Crippen LogP contribution in [0.5, 0.6) is 5.75 Å². The zero-order valence-corrected chi connectivity index (χ0v) is 18.4. The molecule has 172 valence electrons. The summed E-state index contributed by atoms with van der Waals surface area (Å²) >= 11 is 0. The number of aryl methyl sites for hydroxylation is 1. The van der Waals surface area contributed by atoms with Gasteiger partial charge in [0.05, 0.1) is 12.7 Å². The first kappa shape index (κ1) is 22.7. The van der Waals surface area contributed by atoms with E-state index in [-0.39, 0.29) is 5.56 Å². The molecule has 0 atom stereocenters. The second-order valence-corrected chi connectivity index (χ2v) is 7.35. The Morgan fingerprint density at radius 2 is 1.47 bits per heavy atom. The molecule has 7 nitrogen and oxygen atoms in total. The van der Waals surface area contributed by atoms with Crippen LogP contribution < -0.4 is 20.7 Å². The Hall–Kier alpha value is -4.53. The lowest BCUT2D eigenvalue weighted by Crippen LogP contribution is -2.13. The van der Waals surface area contributed by atoms with E-state index in [1.54, 1.807) is 31.4 Å². The number of nitrogens with one attached hydrogen (secondary N) is 3. The highest BCUT2D eigenvalue weighted by Crippen LogP contribution is 2.22. The summed E-state index contributed by atoms with van der Waals surface area (Å²) < 4.78 is 32.0. The topological polar surface area (TPSA) is 88.2 Å². The summed E-state index contributed by atoms with van der Waals surface area (Å²) in [5.74, 6) is -0.577. The second-order valence-electron chi connectivity index (χ2n) is 7.35. The summed E-state index contributed by atoms with van der Waals surface area (Å²) in [7, 11) is 1.61. The molecular formula is C25H21F2N5O2. The molecule has 0 fully saturated rings. The first-order valence-corrected chi connectivity index (χ1v) is 10.3. The highest BCUT2D eigenvalue weighted by atomic mass is 19.1. The number of benzene rings is 3. The maximum atomic E-state index is 13.8. The molecule has 4 aromatic rings. The summed E-state index contributed by atoms with van der Waals surface area (Å²) in [6, 6.07) is 18.8. The number of anilines is 5. The van der Waals surface area contributed by atoms with Gasteiger partial charge in [0.1, 0.15) is 23.2 Å². The Bertz CT molecular complexity index is 1310. The molecule has 0 spiro atoms. The van der Waals surface area contributed by atoms with E-state index in [4.69, 9.17) is 4.74 Å². The van der Waals surface area contributed by atoms with E-state index in [0.29, 0.717) is 29.2 Å². The number of ether oxygens (including phenoxy) is 1. The van der Waals surface area contributed by atoms with Crippen molar-refractivity contribution in [3.05, 3.63) is 95.7 Å². The summed E-state index contributed by atoms with van der Waals surface area (Å²) in [4.78, 5) is 21.1. The largest absolute Gasteiger partial charge is 0.497 e. The summed E-state index contributed by atoms with van der Waals surface area (Å²) in [6.45, 7) is 1.86. The van der Waals surface area contributed by atoms with Crippen molar-refractivity contribution in [2.45, 2.75) is 6.92 Å². The van der Waals surface area contributed by atoms with Gasteiger partial charge in [0.25, 0.3) is 5.91 Å². The summed E-state index contributed by atoms with van der Waals surface area (Å²) in [5, 5.41) is 8.93. The molecule has 3 N–H and O–H groups in total. The predicted octanol–water partition coefficient (Wildman–Crippen LogP) is 5.81. The Morgan fingerprint density at radius 1 is 0.824 bits per heavy atom. The van der Waals surface area contributed by atoms with Crippen LogP contribution in [0.25, 0.3) is 0 Å². The van der Waals surface area contributed by atoms with Gasteiger partial charge in [-0.05, 0) is 67.6 Å². The maximum Gasteiger partial charge on any atom is 0.258 e. The third-order valence-electron chi connectivity index (χ3n) is 4.79. The Labute approximate surface area is 194 Å². The summed E-state index contributed by atoms with van der Waals surface area (Å²) in [6.07, 6.45) is 0. The van der Waals surface area contributed by atoms with Crippen LogP contribution in [0.3, 0.4) is 0 Å². The van der Waals surface area contributed by atoms with Gasteiger partial charge >= 0.3 is 0 Å². The Kier molecular flexibility index (Phi) is 6.63. The van der Waals surface area contributed by atoms with Crippen molar-refractivity contribution >= 4 is 34.7 Å². The smallest absolute Gasteiger partial charge is 0.258 e. The molecule has 1 aromatic heterocycles. The molecule has 0 radical (unpaired) electrons. The minimum Gasteiger partial charge on any atom is -0.497 e. The van der Waals surface area contributed by atoms with Crippen LogP contribution >= 0.6 is 0 Å². The zero-order valence-electron chi connectivity index (χ0n) is 18.4. The van der Waals surface area contributed by atoms with Crippen LogP contribution in [0.2, 0.25) is 0 Å². The van der Waals surface area contributed by atoms with E-state index in [2.05, 4.69) is 25.9 Å². The molecule has 34 heavy (non-hydrogen) atoms. The molecule has 0 aliphatic rings. The van der Waals surface area contributed by atoms with Gasteiger partial charge < -0.3 is 20.7 Å². The first-order chi connectivity index (χ1) is 16.4. The maximum absolute atomic E-state index is 13.8. The molecule has 0 aliphatic carbocycles. The van der Waals surface area contributed by atoms with Gasteiger partial charge in [-0.3, -0.25) is 4.79 Å². The Balaban J connectivity index is 1.43. The highest BCUT2D eigenvalue weighted by molar-refractivity contribution is 6.04. The molecule has 0 saturated heterocycles. The van der Waals surface area contributed by atoms with Crippen molar-refractivity contribution in [2.75, 3.05) is 23.1 Å². The van der Waals surface area contributed by atoms with Crippen LogP contribution in [0.4, 0.5) is 37.6 Å². The van der Waals surface area contributed by atoms with E-state index < -0.39 is 17.5 Å². The van der Waals surface area contributed by atoms with E-state index >= 15 is 0 Å². The number of amides is 1. The van der Waals surface area contributed by atoms with Crippen molar-refractivity contribution in [1.82, 2.24) is 9.97 Å². The predicted molar refractivity (Wildman–Crippen MR) is 127 cm³/mol. The molecular weight excluding hydrogens is 440 g/mol. The SMILES string of the molecule is COc1ccc(Nc2cc(C)nc(Nc3ccc(NC(=O)c4ccc(F)cc4F)cc3)n2)cc1. The van der Waals surface area contributed by atoms with Crippen molar-refractivity contribution < 1.29 is 18.3 Å². The zero-order chi connectivity index (χ0) is 24.1. The third kappa shape index (κ3) is 5.63. The number of aromatic nitrogens is 2. The number of rotatable bonds is 7.